The van der Waals surface area contributed by atoms with Gasteiger partial charge in [-0.15, -0.1) is 0 Å². The molecular weight excluding hydrogens is 223 g/mol. The monoisotopic (exact) mass is 240 g/mol. The lowest BCUT2D eigenvalue weighted by atomic mass is 9.80. The average molecular weight is 240 g/mol. The first-order valence-corrected chi connectivity index (χ1v) is 5.34. The largest absolute Gasteiger partial charge is 0.496 e. The highest BCUT2D eigenvalue weighted by Gasteiger charge is 2.28. The summed E-state index contributed by atoms with van der Waals surface area (Å²) in [6, 6.07) is 2.95. The van der Waals surface area contributed by atoms with Crippen molar-refractivity contribution in [2.75, 3.05) is 7.11 Å². The van der Waals surface area contributed by atoms with E-state index in [4.69, 9.17) is 9.84 Å². The Morgan fingerprint density at radius 1 is 1.47 bits per heavy atom. The number of halogens is 1. The van der Waals surface area contributed by atoms with E-state index in [1.807, 2.05) is 0 Å². The maximum atomic E-state index is 13.6. The van der Waals surface area contributed by atoms with Crippen LogP contribution < -0.4 is 4.74 Å². The summed E-state index contributed by atoms with van der Waals surface area (Å²) < 4.78 is 18.7. The molecule has 0 unspecified atom stereocenters. The summed E-state index contributed by atoms with van der Waals surface area (Å²) in [5.41, 5.74) is 0.383. The smallest absolute Gasteiger partial charge is 0.304 e. The van der Waals surface area contributed by atoms with E-state index in [2.05, 4.69) is 0 Å². The van der Waals surface area contributed by atoms with E-state index in [9.17, 15) is 9.18 Å². The minimum atomic E-state index is -0.918. The van der Waals surface area contributed by atoms with Crippen LogP contribution in [0.25, 0.3) is 0 Å². The van der Waals surface area contributed by atoms with Crippen LogP contribution in [0.3, 0.4) is 0 Å². The van der Waals surface area contributed by atoms with Gasteiger partial charge in [0.1, 0.15) is 11.6 Å². The zero-order valence-corrected chi connectivity index (χ0v) is 10.5. The van der Waals surface area contributed by atoms with Crippen LogP contribution in [0.1, 0.15) is 31.4 Å². The number of carboxylic acid groups (broad SMARTS) is 1. The van der Waals surface area contributed by atoms with Crippen molar-refractivity contribution >= 4 is 5.97 Å². The van der Waals surface area contributed by atoms with Crippen LogP contribution >= 0.6 is 0 Å². The van der Waals surface area contributed by atoms with Gasteiger partial charge >= 0.3 is 5.97 Å². The number of benzene rings is 1. The number of rotatable bonds is 4. The van der Waals surface area contributed by atoms with Gasteiger partial charge in [-0.25, -0.2) is 4.39 Å². The SMILES string of the molecule is COc1cc(C)c(F)cc1C(C)(C)CC(=O)O. The van der Waals surface area contributed by atoms with Gasteiger partial charge in [-0.3, -0.25) is 4.79 Å². The molecule has 0 atom stereocenters. The van der Waals surface area contributed by atoms with E-state index in [1.54, 1.807) is 26.8 Å². The molecule has 3 nitrogen and oxygen atoms in total. The molecule has 94 valence electrons. The topological polar surface area (TPSA) is 46.5 Å². The van der Waals surface area contributed by atoms with Gasteiger partial charge in [0.15, 0.2) is 0 Å². The van der Waals surface area contributed by atoms with E-state index in [0.717, 1.165) is 0 Å². The van der Waals surface area contributed by atoms with Crippen LogP contribution in [0.2, 0.25) is 0 Å². The number of aryl methyl sites for hydroxylation is 1. The normalized spacial score (nSPS) is 11.4. The maximum absolute atomic E-state index is 13.6. The van der Waals surface area contributed by atoms with Gasteiger partial charge in [-0.2, -0.15) is 0 Å². The van der Waals surface area contributed by atoms with Gasteiger partial charge in [0, 0.05) is 11.0 Å². The first kappa shape index (κ1) is 13.5. The fourth-order valence-electron chi connectivity index (χ4n) is 1.83. The van der Waals surface area contributed by atoms with Crippen molar-refractivity contribution in [3.63, 3.8) is 0 Å². The van der Waals surface area contributed by atoms with E-state index in [-0.39, 0.29) is 12.2 Å². The number of hydrogen-bond donors (Lipinski definition) is 1. The quantitative estimate of drug-likeness (QED) is 0.880. The number of aliphatic carboxylic acids is 1. The molecule has 0 radical (unpaired) electrons. The number of carbonyl (C=O) groups is 1. The van der Waals surface area contributed by atoms with Crippen molar-refractivity contribution in [1.29, 1.82) is 0 Å². The molecule has 0 heterocycles. The predicted molar refractivity (Wildman–Crippen MR) is 63.0 cm³/mol. The highest BCUT2D eigenvalue weighted by Crippen LogP contribution is 2.35. The molecule has 0 saturated heterocycles. The summed E-state index contributed by atoms with van der Waals surface area (Å²) in [5, 5.41) is 8.86. The number of carboxylic acids is 1. The highest BCUT2D eigenvalue weighted by molar-refractivity contribution is 5.69. The summed E-state index contributed by atoms with van der Waals surface area (Å²) >= 11 is 0. The fourth-order valence-corrected chi connectivity index (χ4v) is 1.83. The lowest BCUT2D eigenvalue weighted by Crippen LogP contribution is -2.22. The fraction of sp³-hybridized carbons (Fsp3) is 0.462. The summed E-state index contributed by atoms with van der Waals surface area (Å²) in [4.78, 5) is 10.8. The highest BCUT2D eigenvalue weighted by atomic mass is 19.1. The van der Waals surface area contributed by atoms with E-state index < -0.39 is 11.4 Å². The van der Waals surface area contributed by atoms with Crippen molar-refractivity contribution in [2.45, 2.75) is 32.6 Å². The zero-order valence-electron chi connectivity index (χ0n) is 10.5. The Labute approximate surface area is 100 Å². The number of hydrogen-bond acceptors (Lipinski definition) is 2. The van der Waals surface area contributed by atoms with Crippen LogP contribution in [0, 0.1) is 12.7 Å². The standard InChI is InChI=1S/C13H17FO3/c1-8-5-11(17-4)9(6-10(8)14)13(2,3)7-12(15)16/h5-6H,7H2,1-4H3,(H,15,16). The summed E-state index contributed by atoms with van der Waals surface area (Å²) in [5.74, 6) is -0.743. The third-order valence-electron chi connectivity index (χ3n) is 2.80. The molecule has 1 aromatic carbocycles. The first-order chi connectivity index (χ1) is 7.77. The summed E-state index contributed by atoms with van der Waals surface area (Å²) in [6.45, 7) is 5.16. The lowest BCUT2D eigenvalue weighted by molar-refractivity contribution is -0.138. The van der Waals surface area contributed by atoms with Gasteiger partial charge in [0.25, 0.3) is 0 Å². The van der Waals surface area contributed by atoms with E-state index in [0.29, 0.717) is 16.9 Å². The molecule has 1 aromatic rings. The molecular formula is C13H17FO3. The van der Waals surface area contributed by atoms with Crippen molar-refractivity contribution in [3.8, 4) is 5.75 Å². The van der Waals surface area contributed by atoms with Crippen LogP contribution in [-0.2, 0) is 10.2 Å². The molecule has 0 aliphatic carbocycles. The Morgan fingerprint density at radius 3 is 2.53 bits per heavy atom. The molecule has 0 aliphatic heterocycles. The molecule has 1 rings (SSSR count). The van der Waals surface area contributed by atoms with Crippen molar-refractivity contribution < 1.29 is 19.0 Å². The second kappa shape index (κ2) is 4.73. The predicted octanol–water partition coefficient (Wildman–Crippen LogP) is 2.90. The number of ether oxygens (including phenoxy) is 1. The van der Waals surface area contributed by atoms with Gasteiger partial charge in [-0.05, 0) is 24.6 Å². The van der Waals surface area contributed by atoms with Crippen molar-refractivity contribution in [2.24, 2.45) is 0 Å². The Morgan fingerprint density at radius 2 is 2.06 bits per heavy atom. The van der Waals surface area contributed by atoms with E-state index in [1.165, 1.54) is 13.2 Å². The summed E-state index contributed by atoms with van der Waals surface area (Å²) in [6.07, 6.45) is -0.0775. The second-order valence-electron chi connectivity index (χ2n) is 4.76. The van der Waals surface area contributed by atoms with Crippen molar-refractivity contribution in [3.05, 3.63) is 29.1 Å². The minimum absolute atomic E-state index is 0.0775. The molecule has 0 fully saturated rings. The van der Waals surface area contributed by atoms with Crippen LogP contribution in [0.4, 0.5) is 4.39 Å². The minimum Gasteiger partial charge on any atom is -0.496 e. The molecule has 1 N–H and O–H groups in total. The van der Waals surface area contributed by atoms with Crippen molar-refractivity contribution in [1.82, 2.24) is 0 Å². The Balaban J connectivity index is 3.28. The van der Waals surface area contributed by atoms with Gasteiger partial charge < -0.3 is 9.84 Å². The summed E-state index contributed by atoms with van der Waals surface area (Å²) in [7, 11) is 1.49. The van der Waals surface area contributed by atoms with Crippen LogP contribution in [0.15, 0.2) is 12.1 Å². The first-order valence-electron chi connectivity index (χ1n) is 5.34. The Kier molecular flexibility index (Phi) is 3.76. The average Bonchev–Trinajstić information content (AvgIpc) is 2.19. The molecule has 4 heteroatoms. The lowest BCUT2D eigenvalue weighted by Gasteiger charge is -2.25. The molecule has 0 aliphatic rings. The zero-order chi connectivity index (χ0) is 13.2. The van der Waals surface area contributed by atoms with Crippen LogP contribution in [-0.4, -0.2) is 18.2 Å². The molecule has 0 amide bonds. The third kappa shape index (κ3) is 2.96. The third-order valence-corrected chi connectivity index (χ3v) is 2.80. The molecule has 17 heavy (non-hydrogen) atoms. The Hall–Kier alpha value is -1.58. The second-order valence-corrected chi connectivity index (χ2v) is 4.76. The Bertz CT molecular complexity index is 439. The van der Waals surface area contributed by atoms with Gasteiger partial charge in [0.2, 0.25) is 0 Å². The molecule has 0 bridgehead atoms. The molecule has 0 saturated carbocycles. The number of methoxy groups -OCH3 is 1. The molecule has 0 aromatic heterocycles. The van der Waals surface area contributed by atoms with Gasteiger partial charge in [0.05, 0.1) is 13.5 Å². The van der Waals surface area contributed by atoms with Crippen LogP contribution in [0.5, 0.6) is 5.75 Å². The van der Waals surface area contributed by atoms with Gasteiger partial charge in [-0.1, -0.05) is 13.8 Å². The molecule has 0 spiro atoms. The van der Waals surface area contributed by atoms with E-state index >= 15 is 0 Å². The maximum Gasteiger partial charge on any atom is 0.304 e.